The van der Waals surface area contributed by atoms with E-state index < -0.39 is 15.9 Å². The molecule has 0 atom stereocenters. The van der Waals surface area contributed by atoms with Crippen molar-refractivity contribution in [3.8, 4) is 0 Å². The molecule has 3 aromatic rings. The molecule has 0 fully saturated rings. The molecule has 130 valence electrons. The number of H-pyrrole nitrogens is 1. The predicted octanol–water partition coefficient (Wildman–Crippen LogP) is 1.34. The second kappa shape index (κ2) is 6.28. The summed E-state index contributed by atoms with van der Waals surface area (Å²) in [6.07, 6.45) is 1.30. The van der Waals surface area contributed by atoms with E-state index in [1.165, 1.54) is 36.7 Å². The molecule has 2 aromatic heterocycles. The maximum atomic E-state index is 12.3. The first-order chi connectivity index (χ1) is 11.8. The number of anilines is 3. The number of amides is 1. The molecule has 11 heteroatoms. The summed E-state index contributed by atoms with van der Waals surface area (Å²) < 4.78 is 31.6. The summed E-state index contributed by atoms with van der Waals surface area (Å²) in [7, 11) is -3.82. The zero-order chi connectivity index (χ0) is 18.0. The van der Waals surface area contributed by atoms with Crippen LogP contribution in [0.25, 0.3) is 0 Å². The quantitative estimate of drug-likeness (QED) is 0.533. The van der Waals surface area contributed by atoms with Gasteiger partial charge in [-0.05, 0) is 31.2 Å². The average Bonchev–Trinajstić information content (AvgIpc) is 3.16. The molecule has 0 aliphatic carbocycles. The lowest BCUT2D eigenvalue weighted by Gasteiger charge is -2.07. The number of nitrogens with two attached hydrogens (primary N) is 1. The number of nitrogen functional groups attached to an aromatic ring is 1. The van der Waals surface area contributed by atoms with Crippen LogP contribution in [-0.2, 0) is 10.0 Å². The zero-order valence-corrected chi connectivity index (χ0v) is 13.8. The Hall–Kier alpha value is -3.34. The SMILES string of the molecule is Cc1cc(NS(=O)(=O)c2ccc(NC(=O)c3[nH]cnc3N)cc2)no1. The minimum Gasteiger partial charge on any atom is -0.382 e. The van der Waals surface area contributed by atoms with Crippen LogP contribution in [0.5, 0.6) is 0 Å². The Kier molecular flexibility index (Phi) is 4.15. The summed E-state index contributed by atoms with van der Waals surface area (Å²) in [5.74, 6) is 0.157. The highest BCUT2D eigenvalue weighted by Gasteiger charge is 2.17. The molecule has 3 rings (SSSR count). The topological polar surface area (TPSA) is 156 Å². The number of rotatable bonds is 5. The average molecular weight is 362 g/mol. The molecule has 1 amide bonds. The minimum absolute atomic E-state index is 0.00667. The van der Waals surface area contributed by atoms with Crippen LogP contribution >= 0.6 is 0 Å². The first kappa shape index (κ1) is 16.5. The maximum Gasteiger partial charge on any atom is 0.275 e. The molecule has 0 aliphatic rings. The smallest absolute Gasteiger partial charge is 0.275 e. The minimum atomic E-state index is -3.82. The van der Waals surface area contributed by atoms with Crippen LogP contribution in [0.4, 0.5) is 17.3 Å². The summed E-state index contributed by atoms with van der Waals surface area (Å²) in [6.45, 7) is 1.65. The summed E-state index contributed by atoms with van der Waals surface area (Å²) in [5.41, 5.74) is 6.07. The van der Waals surface area contributed by atoms with Gasteiger partial charge in [-0.2, -0.15) is 0 Å². The zero-order valence-electron chi connectivity index (χ0n) is 13.0. The summed E-state index contributed by atoms with van der Waals surface area (Å²) >= 11 is 0. The van der Waals surface area contributed by atoms with Gasteiger partial charge in [-0.1, -0.05) is 5.16 Å². The largest absolute Gasteiger partial charge is 0.382 e. The number of hydrogen-bond donors (Lipinski definition) is 4. The fraction of sp³-hybridized carbons (Fsp3) is 0.0714. The molecule has 2 heterocycles. The van der Waals surface area contributed by atoms with E-state index in [1.807, 2.05) is 0 Å². The number of benzene rings is 1. The van der Waals surface area contributed by atoms with Gasteiger partial charge in [0.15, 0.2) is 11.6 Å². The molecule has 0 radical (unpaired) electrons. The Bertz CT molecular complexity index is 1010. The van der Waals surface area contributed by atoms with Crippen molar-refractivity contribution in [2.24, 2.45) is 0 Å². The van der Waals surface area contributed by atoms with Crippen LogP contribution < -0.4 is 15.8 Å². The van der Waals surface area contributed by atoms with Crippen LogP contribution in [0.1, 0.15) is 16.2 Å². The summed E-state index contributed by atoms with van der Waals surface area (Å²) in [6, 6.07) is 7.06. The summed E-state index contributed by atoms with van der Waals surface area (Å²) in [4.78, 5) is 18.4. The highest BCUT2D eigenvalue weighted by Crippen LogP contribution is 2.19. The number of aromatic nitrogens is 3. The number of carbonyl (C=O) groups excluding carboxylic acids is 1. The highest BCUT2D eigenvalue weighted by molar-refractivity contribution is 7.92. The van der Waals surface area contributed by atoms with E-state index in [0.717, 1.165) is 0 Å². The Labute approximate surface area is 142 Å². The van der Waals surface area contributed by atoms with E-state index in [0.29, 0.717) is 11.4 Å². The van der Waals surface area contributed by atoms with Crippen molar-refractivity contribution >= 4 is 33.3 Å². The van der Waals surface area contributed by atoms with Gasteiger partial charge in [-0.25, -0.2) is 13.4 Å². The lowest BCUT2D eigenvalue weighted by atomic mass is 10.3. The third-order valence-corrected chi connectivity index (χ3v) is 4.56. The van der Waals surface area contributed by atoms with E-state index in [4.69, 9.17) is 10.3 Å². The van der Waals surface area contributed by atoms with Crippen molar-refractivity contribution in [3.05, 3.63) is 48.1 Å². The van der Waals surface area contributed by atoms with E-state index in [9.17, 15) is 13.2 Å². The third-order valence-electron chi connectivity index (χ3n) is 3.19. The van der Waals surface area contributed by atoms with Crippen LogP contribution in [0.3, 0.4) is 0 Å². The van der Waals surface area contributed by atoms with Crippen LogP contribution in [0.2, 0.25) is 0 Å². The van der Waals surface area contributed by atoms with Gasteiger partial charge in [0.05, 0.1) is 11.2 Å². The van der Waals surface area contributed by atoms with E-state index in [-0.39, 0.29) is 22.2 Å². The fourth-order valence-corrected chi connectivity index (χ4v) is 2.99. The second-order valence-corrected chi connectivity index (χ2v) is 6.75. The molecular weight excluding hydrogens is 348 g/mol. The molecule has 0 unspecified atom stereocenters. The molecular formula is C14H14N6O4S. The fourth-order valence-electron chi connectivity index (χ4n) is 2.01. The first-order valence-corrected chi connectivity index (χ1v) is 8.50. The van der Waals surface area contributed by atoms with Gasteiger partial charge in [0.25, 0.3) is 15.9 Å². The van der Waals surface area contributed by atoms with Gasteiger partial charge in [0.2, 0.25) is 0 Å². The molecule has 0 saturated carbocycles. The molecule has 0 bridgehead atoms. The number of carbonyl (C=O) groups is 1. The Morgan fingerprint density at radius 3 is 2.56 bits per heavy atom. The lowest BCUT2D eigenvalue weighted by molar-refractivity contribution is 0.102. The van der Waals surface area contributed by atoms with E-state index in [1.54, 1.807) is 6.92 Å². The van der Waals surface area contributed by atoms with Crippen LogP contribution in [0, 0.1) is 6.92 Å². The Morgan fingerprint density at radius 2 is 2.00 bits per heavy atom. The molecule has 5 N–H and O–H groups in total. The Balaban J connectivity index is 1.73. The molecule has 0 spiro atoms. The van der Waals surface area contributed by atoms with Crippen molar-refractivity contribution in [2.75, 3.05) is 15.8 Å². The van der Waals surface area contributed by atoms with Crippen molar-refractivity contribution < 1.29 is 17.7 Å². The van der Waals surface area contributed by atoms with Gasteiger partial charge >= 0.3 is 0 Å². The van der Waals surface area contributed by atoms with E-state index in [2.05, 4.69) is 25.2 Å². The normalized spacial score (nSPS) is 11.2. The van der Waals surface area contributed by atoms with Gasteiger partial charge in [0.1, 0.15) is 11.5 Å². The number of aromatic amines is 1. The molecule has 0 aliphatic heterocycles. The van der Waals surface area contributed by atoms with Crippen molar-refractivity contribution in [1.82, 2.24) is 15.1 Å². The predicted molar refractivity (Wildman–Crippen MR) is 89.4 cm³/mol. The van der Waals surface area contributed by atoms with Crippen LogP contribution in [0.15, 0.2) is 46.1 Å². The molecule has 0 saturated heterocycles. The number of nitrogens with one attached hydrogen (secondary N) is 3. The maximum absolute atomic E-state index is 12.3. The molecule has 25 heavy (non-hydrogen) atoms. The van der Waals surface area contributed by atoms with Gasteiger partial charge in [-0.15, -0.1) is 0 Å². The van der Waals surface area contributed by atoms with Crippen molar-refractivity contribution in [1.29, 1.82) is 0 Å². The van der Waals surface area contributed by atoms with Crippen LogP contribution in [-0.4, -0.2) is 29.4 Å². The standard InChI is InChI=1S/C14H14N6O4S/c1-8-6-11(19-24-8)20-25(22,23)10-4-2-9(3-5-10)18-14(21)12-13(15)17-7-16-12/h2-7H,15H2,1H3,(H,16,17)(H,18,21)(H,19,20). The van der Waals surface area contributed by atoms with Gasteiger partial charge in [-0.3, -0.25) is 9.52 Å². The molecule has 10 nitrogen and oxygen atoms in total. The van der Waals surface area contributed by atoms with Crippen molar-refractivity contribution in [3.63, 3.8) is 0 Å². The number of nitrogens with zero attached hydrogens (tertiary/aromatic N) is 2. The van der Waals surface area contributed by atoms with E-state index >= 15 is 0 Å². The number of hydrogen-bond acceptors (Lipinski definition) is 7. The lowest BCUT2D eigenvalue weighted by Crippen LogP contribution is -2.15. The van der Waals surface area contributed by atoms with Gasteiger partial charge < -0.3 is 20.6 Å². The first-order valence-electron chi connectivity index (χ1n) is 7.01. The molecule has 1 aromatic carbocycles. The number of sulfonamides is 1. The summed E-state index contributed by atoms with van der Waals surface area (Å²) in [5, 5.41) is 6.16. The number of aryl methyl sites for hydroxylation is 1. The Morgan fingerprint density at radius 1 is 1.28 bits per heavy atom. The third kappa shape index (κ3) is 3.61. The van der Waals surface area contributed by atoms with Gasteiger partial charge in [0, 0.05) is 11.8 Å². The second-order valence-electron chi connectivity index (χ2n) is 5.07. The highest BCUT2D eigenvalue weighted by atomic mass is 32.2. The van der Waals surface area contributed by atoms with Crippen molar-refractivity contribution in [2.45, 2.75) is 11.8 Å². The monoisotopic (exact) mass is 362 g/mol. The number of imidazole rings is 1.